The molecule has 0 aliphatic carbocycles. The lowest BCUT2D eigenvalue weighted by atomic mass is 9.96. The Labute approximate surface area is 180 Å². The number of anilines is 2. The summed E-state index contributed by atoms with van der Waals surface area (Å²) in [6.45, 7) is 1.60. The molecule has 1 aliphatic heterocycles. The Kier molecular flexibility index (Phi) is 5.64. The van der Waals surface area contributed by atoms with E-state index in [0.717, 1.165) is 10.9 Å². The van der Waals surface area contributed by atoms with Crippen molar-refractivity contribution >= 4 is 17.4 Å². The van der Waals surface area contributed by atoms with Crippen molar-refractivity contribution in [3.05, 3.63) is 77.2 Å². The van der Waals surface area contributed by atoms with Crippen LogP contribution in [0.25, 0.3) is 0 Å². The maximum absolute atomic E-state index is 13.8. The van der Waals surface area contributed by atoms with E-state index >= 15 is 0 Å². The summed E-state index contributed by atoms with van der Waals surface area (Å²) in [4.78, 5) is 12.8. The number of aliphatic hydroxyl groups excluding tert-OH is 1. The number of carbonyl (C=O) groups is 1. The Morgan fingerprint density at radius 2 is 1.84 bits per heavy atom. The van der Waals surface area contributed by atoms with Crippen LogP contribution in [0.5, 0.6) is 0 Å². The highest BCUT2D eigenvalue weighted by Crippen LogP contribution is 2.44. The fourth-order valence-electron chi connectivity index (χ4n) is 3.69. The van der Waals surface area contributed by atoms with Crippen LogP contribution in [-0.2, 0) is 0 Å². The van der Waals surface area contributed by atoms with Gasteiger partial charge in [0.1, 0.15) is 17.2 Å². The molecule has 0 saturated carbocycles. The minimum Gasteiger partial charge on any atom is -0.389 e. The molecule has 0 fully saturated rings. The number of benzene rings is 2. The number of halogens is 4. The second-order valence-electron chi connectivity index (χ2n) is 7.65. The van der Waals surface area contributed by atoms with Crippen LogP contribution >= 0.6 is 0 Å². The number of hydrogen-bond acceptors (Lipinski definition) is 4. The van der Waals surface area contributed by atoms with Gasteiger partial charge in [-0.2, -0.15) is 18.3 Å². The molecule has 0 saturated heterocycles. The summed E-state index contributed by atoms with van der Waals surface area (Å²) in [5.74, 6) is -1.20. The summed E-state index contributed by atoms with van der Waals surface area (Å²) in [5.41, 5.74) is 1.49. The predicted octanol–water partition coefficient (Wildman–Crippen LogP) is 4.99. The van der Waals surface area contributed by atoms with Crippen LogP contribution in [0.3, 0.4) is 0 Å². The van der Waals surface area contributed by atoms with Crippen molar-refractivity contribution in [3.8, 4) is 0 Å². The molecule has 2 heterocycles. The van der Waals surface area contributed by atoms with Crippen LogP contribution in [0.15, 0.2) is 54.7 Å². The number of alkyl halides is 3. The molecule has 0 radical (unpaired) electrons. The number of aromatic nitrogens is 2. The minimum absolute atomic E-state index is 0.0503. The third kappa shape index (κ3) is 4.31. The summed E-state index contributed by atoms with van der Waals surface area (Å²) >= 11 is 0. The second-order valence-corrected chi connectivity index (χ2v) is 7.65. The zero-order valence-electron chi connectivity index (χ0n) is 16.9. The molecule has 4 rings (SSSR count). The highest BCUT2D eigenvalue weighted by molar-refractivity contribution is 6.07. The summed E-state index contributed by atoms with van der Waals surface area (Å²) in [5, 5.41) is 19.0. The molecule has 3 aromatic rings. The van der Waals surface area contributed by atoms with Gasteiger partial charge in [0.15, 0.2) is 6.04 Å². The first kappa shape index (κ1) is 21.8. The first-order chi connectivity index (χ1) is 15.1. The number of nitrogens with one attached hydrogen (secondary N) is 2. The van der Waals surface area contributed by atoms with Crippen molar-refractivity contribution < 1.29 is 27.5 Å². The second kappa shape index (κ2) is 8.27. The Morgan fingerprint density at radius 3 is 2.44 bits per heavy atom. The first-order valence-electron chi connectivity index (χ1n) is 9.89. The molecule has 3 N–H and O–H groups in total. The summed E-state index contributed by atoms with van der Waals surface area (Å²) < 4.78 is 55.3. The molecule has 10 heteroatoms. The maximum Gasteiger partial charge on any atom is 0.410 e. The molecule has 32 heavy (non-hydrogen) atoms. The predicted molar refractivity (Wildman–Crippen MR) is 110 cm³/mol. The number of amides is 1. The van der Waals surface area contributed by atoms with Crippen LogP contribution in [0.1, 0.15) is 53.0 Å². The SMILES string of the molecule is CC(O)c1ccc(NC(=O)c2cnn3c2N[C@H](c2ccc(F)cc2)C[C@@H]3C(F)(F)F)cc1. The lowest BCUT2D eigenvalue weighted by Gasteiger charge is -2.34. The first-order valence-corrected chi connectivity index (χ1v) is 9.89. The third-order valence-corrected chi connectivity index (χ3v) is 5.41. The fourth-order valence-corrected chi connectivity index (χ4v) is 3.69. The van der Waals surface area contributed by atoms with E-state index < -0.39 is 36.1 Å². The molecule has 0 spiro atoms. The topological polar surface area (TPSA) is 79.2 Å². The number of fused-ring (bicyclic) bond motifs is 1. The Bertz CT molecular complexity index is 1110. The van der Waals surface area contributed by atoms with Crippen molar-refractivity contribution in [1.29, 1.82) is 0 Å². The van der Waals surface area contributed by atoms with Crippen molar-refractivity contribution in [3.63, 3.8) is 0 Å². The number of hydrogen-bond donors (Lipinski definition) is 3. The van der Waals surface area contributed by atoms with Crippen LogP contribution in [-0.4, -0.2) is 27.0 Å². The largest absolute Gasteiger partial charge is 0.410 e. The van der Waals surface area contributed by atoms with E-state index in [1.165, 1.54) is 24.3 Å². The zero-order valence-corrected chi connectivity index (χ0v) is 16.9. The highest BCUT2D eigenvalue weighted by atomic mass is 19.4. The van der Waals surface area contributed by atoms with Crippen LogP contribution < -0.4 is 10.6 Å². The molecular formula is C22H20F4N4O2. The van der Waals surface area contributed by atoms with Crippen molar-refractivity contribution in [1.82, 2.24) is 9.78 Å². The molecule has 6 nitrogen and oxygen atoms in total. The van der Waals surface area contributed by atoms with Gasteiger partial charge < -0.3 is 15.7 Å². The van der Waals surface area contributed by atoms with Crippen molar-refractivity contribution in [2.75, 3.05) is 10.6 Å². The van der Waals surface area contributed by atoms with Gasteiger partial charge in [0.05, 0.1) is 18.3 Å². The lowest BCUT2D eigenvalue weighted by molar-refractivity contribution is -0.173. The summed E-state index contributed by atoms with van der Waals surface area (Å²) in [6.07, 6.45) is -4.53. The zero-order chi connectivity index (χ0) is 23.0. The van der Waals surface area contributed by atoms with Crippen molar-refractivity contribution in [2.45, 2.75) is 37.7 Å². The monoisotopic (exact) mass is 448 g/mol. The quantitative estimate of drug-likeness (QED) is 0.492. The molecule has 1 unspecified atom stereocenters. The van der Waals surface area contributed by atoms with E-state index in [1.807, 2.05) is 0 Å². The van der Waals surface area contributed by atoms with Gasteiger partial charge in [-0.25, -0.2) is 9.07 Å². The highest BCUT2D eigenvalue weighted by Gasteiger charge is 2.47. The lowest BCUT2D eigenvalue weighted by Crippen LogP contribution is -2.36. The normalized spacial score (nSPS) is 19.1. The van der Waals surface area contributed by atoms with E-state index in [-0.39, 0.29) is 17.8 Å². The number of aliphatic hydroxyl groups is 1. The van der Waals surface area contributed by atoms with Gasteiger partial charge in [0, 0.05) is 12.1 Å². The maximum atomic E-state index is 13.8. The molecule has 1 amide bonds. The Balaban J connectivity index is 1.64. The minimum atomic E-state index is -4.59. The van der Waals surface area contributed by atoms with E-state index in [0.29, 0.717) is 16.8 Å². The van der Waals surface area contributed by atoms with E-state index in [4.69, 9.17) is 0 Å². The smallest absolute Gasteiger partial charge is 0.389 e. The van der Waals surface area contributed by atoms with E-state index in [1.54, 1.807) is 31.2 Å². The molecular weight excluding hydrogens is 428 g/mol. The summed E-state index contributed by atoms with van der Waals surface area (Å²) in [7, 11) is 0. The van der Waals surface area contributed by atoms with E-state index in [9.17, 15) is 27.5 Å². The molecule has 1 aliphatic rings. The number of carbonyl (C=O) groups excluding carboxylic acids is 1. The molecule has 2 aromatic carbocycles. The van der Waals surface area contributed by atoms with E-state index in [2.05, 4.69) is 15.7 Å². The van der Waals surface area contributed by atoms with Gasteiger partial charge >= 0.3 is 6.18 Å². The van der Waals surface area contributed by atoms with Gasteiger partial charge in [-0.1, -0.05) is 24.3 Å². The Hall–Kier alpha value is -3.40. The molecule has 0 bridgehead atoms. The van der Waals surface area contributed by atoms with Crippen molar-refractivity contribution in [2.24, 2.45) is 0 Å². The fraction of sp³-hybridized carbons (Fsp3) is 0.273. The van der Waals surface area contributed by atoms with Crippen LogP contribution in [0, 0.1) is 5.82 Å². The van der Waals surface area contributed by atoms with Gasteiger partial charge in [-0.3, -0.25) is 4.79 Å². The van der Waals surface area contributed by atoms with Gasteiger partial charge in [0.25, 0.3) is 5.91 Å². The molecule has 1 aromatic heterocycles. The van der Waals surface area contributed by atoms with Gasteiger partial charge in [-0.15, -0.1) is 0 Å². The van der Waals surface area contributed by atoms with Crippen LogP contribution in [0.4, 0.5) is 29.1 Å². The third-order valence-electron chi connectivity index (χ3n) is 5.41. The molecule has 3 atom stereocenters. The van der Waals surface area contributed by atoms with Gasteiger partial charge in [0.2, 0.25) is 0 Å². The number of rotatable bonds is 4. The van der Waals surface area contributed by atoms with Crippen LogP contribution in [0.2, 0.25) is 0 Å². The molecule has 168 valence electrons. The Morgan fingerprint density at radius 1 is 1.19 bits per heavy atom. The standard InChI is InChI=1S/C22H20F4N4O2/c1-12(31)13-4-8-16(9-5-13)28-21(32)17-11-27-30-19(22(24,25)26)10-18(29-20(17)30)14-2-6-15(23)7-3-14/h2-9,11-12,18-19,29,31H,10H2,1H3,(H,28,32)/t12?,18-,19+/m0/s1. The number of nitrogens with zero attached hydrogens (tertiary/aromatic N) is 2. The average Bonchev–Trinajstić information content (AvgIpc) is 3.17. The average molecular weight is 448 g/mol. The summed E-state index contributed by atoms with van der Waals surface area (Å²) in [6, 6.07) is 8.89. The van der Waals surface area contributed by atoms with Gasteiger partial charge in [-0.05, 0) is 42.3 Å².